The van der Waals surface area contributed by atoms with Crippen molar-refractivity contribution in [2.75, 3.05) is 0 Å². The first-order chi connectivity index (χ1) is 23.4. The van der Waals surface area contributed by atoms with Crippen LogP contribution in [0, 0.1) is 12.4 Å². The smallest absolute Gasteiger partial charge is 0.513 e. The van der Waals surface area contributed by atoms with Gasteiger partial charge in [0.25, 0.3) is 0 Å². The maximum Gasteiger partial charge on any atom is 2.00 e. The number of imidazole rings is 1. The molecule has 3 aromatic heterocycles. The summed E-state index contributed by atoms with van der Waals surface area (Å²) in [6, 6.07) is 35.4. The van der Waals surface area contributed by atoms with E-state index in [0.717, 1.165) is 55.6 Å². The van der Waals surface area contributed by atoms with Crippen LogP contribution in [0.15, 0.2) is 91.0 Å². The molecule has 0 spiro atoms. The van der Waals surface area contributed by atoms with Gasteiger partial charge in [0.1, 0.15) is 16.9 Å². The van der Waals surface area contributed by atoms with Gasteiger partial charge in [-0.1, -0.05) is 123 Å². The van der Waals surface area contributed by atoms with Gasteiger partial charge in [-0.3, -0.25) is 0 Å². The van der Waals surface area contributed by atoms with Crippen LogP contribution in [0.2, 0.25) is 0 Å². The van der Waals surface area contributed by atoms with Crippen LogP contribution in [-0.2, 0) is 42.8 Å². The number of aromatic nitrogens is 4. The summed E-state index contributed by atoms with van der Waals surface area (Å²) >= 11 is 0. The minimum Gasteiger partial charge on any atom is -0.513 e. The zero-order valence-corrected chi connectivity index (χ0v) is 34.0. The Bertz CT molecular complexity index is 2430. The van der Waals surface area contributed by atoms with E-state index in [-0.39, 0.29) is 43.1 Å². The van der Waals surface area contributed by atoms with Crippen molar-refractivity contribution in [3.8, 4) is 17.1 Å². The minimum atomic E-state index is -0.610. The van der Waals surface area contributed by atoms with Crippen LogP contribution in [0.1, 0.15) is 98.5 Å². The molecule has 264 valence electrons. The number of hydrogen-bond acceptors (Lipinski definition) is 2. The molecule has 7 aromatic rings. The summed E-state index contributed by atoms with van der Waals surface area (Å²) in [6.45, 7) is 24.2. The molecule has 51 heavy (non-hydrogen) atoms. The van der Waals surface area contributed by atoms with E-state index in [1.165, 1.54) is 11.1 Å². The maximum absolute atomic E-state index is 11.9. The molecule has 0 fully saturated rings. The van der Waals surface area contributed by atoms with E-state index in [4.69, 9.17) is 4.98 Å². The molecule has 0 amide bonds. The SMILES string of the molecule is CC(C)(C)c1cc[c-]c(-n2c3ccccc3c3ccc(C(C)(C)[n+]4[c-]n(-c5cc(C(C)(C)C)cc(C(C)(C)C)c5O)c5ccccc54)nc32)c1.[Pt+2]. The Hall–Kier alpha value is -4.21. The number of pyridine rings is 1. The standard InChI is InChI=1S/C45H49N4O.Pt/c1-42(2,3)29-17-16-18-31(25-29)49-35-20-13-12-19-32(35)33-23-24-39(46-41(33)49)45(10,11)48-28-47(36-21-14-15-22-37(36)48)38-27-30(43(4,5)6)26-34(40(38)50)44(7,8)9;/h12-17,19-27,50H,1-11H3;/q-1;+2. The summed E-state index contributed by atoms with van der Waals surface area (Å²) in [4.78, 5) is 5.47. The third-order valence-electron chi connectivity index (χ3n) is 10.2. The number of rotatable bonds is 4. The summed E-state index contributed by atoms with van der Waals surface area (Å²) in [7, 11) is 0. The molecular formula is C45H49N4OPt+. The molecule has 0 bridgehead atoms. The van der Waals surface area contributed by atoms with Crippen LogP contribution in [0.5, 0.6) is 5.75 Å². The Morgan fingerprint density at radius 3 is 1.98 bits per heavy atom. The van der Waals surface area contributed by atoms with E-state index >= 15 is 0 Å². The van der Waals surface area contributed by atoms with E-state index in [1.807, 2.05) is 16.7 Å². The Balaban J connectivity index is 0.00000448. The molecule has 1 N–H and O–H groups in total. The van der Waals surface area contributed by atoms with Gasteiger partial charge in [0.2, 0.25) is 6.33 Å². The van der Waals surface area contributed by atoms with E-state index < -0.39 is 5.54 Å². The Morgan fingerprint density at radius 1 is 0.667 bits per heavy atom. The minimum absolute atomic E-state index is 0. The second-order valence-electron chi connectivity index (χ2n) is 17.3. The van der Waals surface area contributed by atoms with Gasteiger partial charge in [-0.15, -0.1) is 6.07 Å². The van der Waals surface area contributed by atoms with Crippen LogP contribution in [0.25, 0.3) is 44.3 Å². The largest absolute Gasteiger partial charge is 2.00 e. The normalized spacial score (nSPS) is 12.9. The zero-order chi connectivity index (χ0) is 36.0. The Kier molecular flexibility index (Phi) is 8.95. The Morgan fingerprint density at radius 2 is 1.31 bits per heavy atom. The summed E-state index contributed by atoms with van der Waals surface area (Å²) in [5, 5.41) is 14.1. The molecule has 7 rings (SSSR count). The molecule has 0 aliphatic heterocycles. The van der Waals surface area contributed by atoms with Crippen molar-refractivity contribution in [2.45, 2.75) is 97.9 Å². The Labute approximate surface area is 317 Å². The number of phenols is 1. The second kappa shape index (κ2) is 12.5. The van der Waals surface area contributed by atoms with E-state index in [0.29, 0.717) is 0 Å². The molecule has 5 nitrogen and oxygen atoms in total. The van der Waals surface area contributed by atoms with Crippen molar-refractivity contribution < 1.29 is 30.7 Å². The topological polar surface area (TPSA) is 46.9 Å². The van der Waals surface area contributed by atoms with Gasteiger partial charge in [0, 0.05) is 10.8 Å². The van der Waals surface area contributed by atoms with E-state index in [2.05, 4.69) is 177 Å². The van der Waals surface area contributed by atoms with Gasteiger partial charge in [0.15, 0.2) is 0 Å². The van der Waals surface area contributed by atoms with Crippen molar-refractivity contribution in [3.63, 3.8) is 0 Å². The third-order valence-corrected chi connectivity index (χ3v) is 10.2. The van der Waals surface area contributed by atoms with Crippen molar-refractivity contribution >= 4 is 33.0 Å². The molecule has 6 heteroatoms. The molecule has 0 saturated carbocycles. The van der Waals surface area contributed by atoms with Gasteiger partial charge < -0.3 is 18.8 Å². The maximum atomic E-state index is 11.9. The number of benzene rings is 4. The van der Waals surface area contributed by atoms with Crippen LogP contribution >= 0.6 is 0 Å². The van der Waals surface area contributed by atoms with Crippen LogP contribution in [0.4, 0.5) is 0 Å². The van der Waals surface area contributed by atoms with Crippen molar-refractivity contribution in [2.24, 2.45) is 0 Å². The predicted molar refractivity (Wildman–Crippen MR) is 206 cm³/mol. The molecule has 0 aliphatic carbocycles. The number of nitrogens with zero attached hydrogens (tertiary/aromatic N) is 4. The number of para-hydroxylation sites is 3. The fourth-order valence-electron chi connectivity index (χ4n) is 7.04. The predicted octanol–water partition coefficient (Wildman–Crippen LogP) is 10.4. The third kappa shape index (κ3) is 6.22. The summed E-state index contributed by atoms with van der Waals surface area (Å²) in [5.74, 6) is 0.283. The van der Waals surface area contributed by atoms with E-state index in [1.54, 1.807) is 0 Å². The molecule has 0 aliphatic rings. The molecular weight excluding hydrogens is 808 g/mol. The number of fused-ring (bicyclic) bond motifs is 4. The zero-order valence-electron chi connectivity index (χ0n) is 31.7. The van der Waals surface area contributed by atoms with Crippen LogP contribution in [0.3, 0.4) is 0 Å². The molecule has 0 radical (unpaired) electrons. The first-order valence-electron chi connectivity index (χ1n) is 17.6. The van der Waals surface area contributed by atoms with Gasteiger partial charge in [-0.2, -0.15) is 23.8 Å². The van der Waals surface area contributed by atoms with E-state index in [9.17, 15) is 5.11 Å². The van der Waals surface area contributed by atoms with Crippen molar-refractivity contribution in [1.82, 2.24) is 14.1 Å². The van der Waals surface area contributed by atoms with Gasteiger partial charge in [0.05, 0.1) is 27.9 Å². The summed E-state index contributed by atoms with van der Waals surface area (Å²) in [6.07, 6.45) is 3.71. The molecule has 4 aromatic carbocycles. The average Bonchev–Trinajstić information content (AvgIpc) is 3.60. The first-order valence-corrected chi connectivity index (χ1v) is 17.6. The molecule has 0 atom stereocenters. The van der Waals surface area contributed by atoms with Gasteiger partial charge in [-0.05, 0) is 59.4 Å². The van der Waals surface area contributed by atoms with Crippen molar-refractivity contribution in [3.05, 3.63) is 126 Å². The van der Waals surface area contributed by atoms with Crippen LogP contribution < -0.4 is 4.57 Å². The number of phenolic OH excluding ortho intramolecular Hbond substituents is 1. The second-order valence-corrected chi connectivity index (χ2v) is 17.3. The fraction of sp³-hybridized carbons (Fsp3) is 0.333. The fourth-order valence-corrected chi connectivity index (χ4v) is 7.04. The van der Waals surface area contributed by atoms with Crippen LogP contribution in [-0.4, -0.2) is 19.2 Å². The average molecular weight is 857 g/mol. The monoisotopic (exact) mass is 856 g/mol. The molecule has 0 saturated heterocycles. The quantitative estimate of drug-likeness (QED) is 0.142. The summed E-state index contributed by atoms with van der Waals surface area (Å²) in [5.41, 5.74) is 8.95. The first kappa shape index (κ1) is 36.6. The van der Waals surface area contributed by atoms with Gasteiger partial charge in [-0.25, -0.2) is 4.98 Å². The molecule has 3 heterocycles. The number of aromatic hydroxyl groups is 1. The van der Waals surface area contributed by atoms with Crippen molar-refractivity contribution in [1.29, 1.82) is 0 Å². The number of hydrogen-bond donors (Lipinski definition) is 1. The summed E-state index contributed by atoms with van der Waals surface area (Å²) < 4.78 is 6.45. The van der Waals surface area contributed by atoms with Gasteiger partial charge >= 0.3 is 21.1 Å². The molecule has 0 unspecified atom stereocenters.